The highest BCUT2D eigenvalue weighted by Crippen LogP contribution is 2.26. The molecule has 1 aliphatic heterocycles. The number of halogens is 3. The van der Waals surface area contributed by atoms with Crippen molar-refractivity contribution in [1.29, 1.82) is 0 Å². The fourth-order valence-corrected chi connectivity index (χ4v) is 3.35. The number of nitrogens with one attached hydrogen (secondary N) is 1. The van der Waals surface area contributed by atoms with Gasteiger partial charge in [-0.05, 0) is 33.9 Å². The van der Waals surface area contributed by atoms with E-state index in [4.69, 9.17) is 0 Å². The zero-order chi connectivity index (χ0) is 23.2. The Morgan fingerprint density at radius 2 is 1.71 bits per heavy atom. The second-order valence-corrected chi connectivity index (χ2v) is 8.78. The van der Waals surface area contributed by atoms with E-state index in [-0.39, 0.29) is 42.7 Å². The predicted molar refractivity (Wildman–Crippen MR) is 110 cm³/mol. The van der Waals surface area contributed by atoms with E-state index in [1.165, 1.54) is 12.1 Å². The normalized spacial score (nSPS) is 15.8. The minimum Gasteiger partial charge on any atom is -0.405 e. The number of hydrogen-bond donors (Lipinski definition) is 1. The predicted octanol–water partition coefficient (Wildman–Crippen LogP) is 2.08. The quantitative estimate of drug-likeness (QED) is 0.698. The highest BCUT2D eigenvalue weighted by molar-refractivity contribution is 5.79. The molecule has 2 amide bonds. The molecule has 0 aliphatic carbocycles. The summed E-state index contributed by atoms with van der Waals surface area (Å²) >= 11 is 0. The van der Waals surface area contributed by atoms with Gasteiger partial charge in [-0.2, -0.15) is 0 Å². The van der Waals surface area contributed by atoms with Crippen molar-refractivity contribution in [3.63, 3.8) is 0 Å². The Labute approximate surface area is 181 Å². The van der Waals surface area contributed by atoms with Gasteiger partial charge in [0.1, 0.15) is 5.75 Å². The van der Waals surface area contributed by atoms with Crippen LogP contribution < -0.4 is 10.1 Å². The topological polar surface area (TPSA) is 65.1 Å². The molecule has 1 saturated heterocycles. The smallest absolute Gasteiger partial charge is 0.405 e. The number of amides is 2. The van der Waals surface area contributed by atoms with Gasteiger partial charge in [0.15, 0.2) is 0 Å². The fourth-order valence-electron chi connectivity index (χ4n) is 3.35. The lowest BCUT2D eigenvalue weighted by atomic mass is 10.1. The molecule has 1 aliphatic rings. The number of carbonyl (C=O) groups excluding carboxylic acids is 2. The molecular weight excluding hydrogens is 413 g/mol. The second-order valence-electron chi connectivity index (χ2n) is 8.78. The summed E-state index contributed by atoms with van der Waals surface area (Å²) in [5.41, 5.74) is 0.0632. The third-order valence-corrected chi connectivity index (χ3v) is 4.65. The van der Waals surface area contributed by atoms with Crippen molar-refractivity contribution in [2.75, 3.05) is 46.3 Å². The molecule has 7 nitrogen and oxygen atoms in total. The average Bonchev–Trinajstić information content (AvgIpc) is 2.61. The lowest BCUT2D eigenvalue weighted by Gasteiger charge is -2.35. The van der Waals surface area contributed by atoms with Crippen molar-refractivity contribution in [2.24, 2.45) is 0 Å². The highest BCUT2D eigenvalue weighted by Gasteiger charge is 2.32. The van der Waals surface area contributed by atoms with Crippen LogP contribution in [0.2, 0.25) is 0 Å². The van der Waals surface area contributed by atoms with Crippen molar-refractivity contribution < 1.29 is 27.5 Å². The standard InChI is InChI=1S/C21H31F3N4O3/c1-20(2,3)25-18(29)14-27-9-11-28(12-10-27)19(30)15-26(4)13-16-7-5-6-8-17(16)31-21(22,23)24/h5-8H,9-15H2,1-4H3,(H,25,29). The van der Waals surface area contributed by atoms with Gasteiger partial charge in [-0.1, -0.05) is 18.2 Å². The van der Waals surface area contributed by atoms with E-state index < -0.39 is 6.36 Å². The summed E-state index contributed by atoms with van der Waals surface area (Å²) in [4.78, 5) is 30.0. The number of alkyl halides is 3. The number of piperazine rings is 1. The van der Waals surface area contributed by atoms with E-state index in [1.807, 2.05) is 25.7 Å². The van der Waals surface area contributed by atoms with Gasteiger partial charge in [-0.15, -0.1) is 13.2 Å². The number of likely N-dealkylation sites (N-methyl/N-ethyl adjacent to an activating group) is 1. The molecule has 0 bridgehead atoms. The van der Waals surface area contributed by atoms with Gasteiger partial charge in [-0.25, -0.2) is 0 Å². The summed E-state index contributed by atoms with van der Waals surface area (Å²) in [7, 11) is 1.68. The number of rotatable bonds is 7. The molecule has 1 N–H and O–H groups in total. The lowest BCUT2D eigenvalue weighted by molar-refractivity contribution is -0.275. The SMILES string of the molecule is CN(CC(=O)N1CCN(CC(=O)NC(C)(C)C)CC1)Cc1ccccc1OC(F)(F)F. The second kappa shape index (κ2) is 10.3. The number of ether oxygens (including phenoxy) is 1. The fraction of sp³-hybridized carbons (Fsp3) is 0.619. The Morgan fingerprint density at radius 1 is 1.10 bits per heavy atom. The van der Waals surface area contributed by atoms with Crippen molar-refractivity contribution in [1.82, 2.24) is 20.0 Å². The molecule has 1 fully saturated rings. The van der Waals surface area contributed by atoms with Crippen LogP contribution in [0.3, 0.4) is 0 Å². The molecule has 174 valence electrons. The molecule has 1 aromatic carbocycles. The molecular formula is C21H31F3N4O3. The van der Waals surface area contributed by atoms with Crippen molar-refractivity contribution in [3.8, 4) is 5.75 Å². The van der Waals surface area contributed by atoms with Gasteiger partial charge < -0.3 is 15.0 Å². The Hall–Kier alpha value is -2.33. The maximum atomic E-state index is 12.6. The molecule has 1 aromatic rings. The van der Waals surface area contributed by atoms with Crippen LogP contribution in [0.25, 0.3) is 0 Å². The molecule has 0 spiro atoms. The van der Waals surface area contributed by atoms with Crippen LogP contribution in [0.4, 0.5) is 13.2 Å². The first-order valence-electron chi connectivity index (χ1n) is 10.2. The molecule has 2 rings (SSSR count). The van der Waals surface area contributed by atoms with Crippen LogP contribution in [0.5, 0.6) is 5.75 Å². The molecule has 0 atom stereocenters. The summed E-state index contributed by atoms with van der Waals surface area (Å²) in [5, 5.41) is 2.92. The maximum Gasteiger partial charge on any atom is 0.573 e. The largest absolute Gasteiger partial charge is 0.573 e. The zero-order valence-corrected chi connectivity index (χ0v) is 18.5. The minimum absolute atomic E-state index is 0.0493. The number of para-hydroxylation sites is 1. The van der Waals surface area contributed by atoms with E-state index in [1.54, 1.807) is 29.0 Å². The van der Waals surface area contributed by atoms with Gasteiger partial charge in [0.25, 0.3) is 0 Å². The molecule has 0 saturated carbocycles. The van der Waals surface area contributed by atoms with Crippen LogP contribution in [-0.2, 0) is 16.1 Å². The van der Waals surface area contributed by atoms with Crippen LogP contribution in [0.15, 0.2) is 24.3 Å². The molecule has 1 heterocycles. The summed E-state index contributed by atoms with van der Waals surface area (Å²) in [6.07, 6.45) is -4.77. The van der Waals surface area contributed by atoms with Crippen LogP contribution in [-0.4, -0.2) is 84.7 Å². The molecule has 0 radical (unpaired) electrons. The summed E-state index contributed by atoms with van der Waals surface area (Å²) in [6.45, 7) is 8.46. The number of carbonyl (C=O) groups is 2. The third-order valence-electron chi connectivity index (χ3n) is 4.65. The van der Waals surface area contributed by atoms with Gasteiger partial charge in [0.2, 0.25) is 11.8 Å². The average molecular weight is 444 g/mol. The van der Waals surface area contributed by atoms with Gasteiger partial charge >= 0.3 is 6.36 Å². The summed E-state index contributed by atoms with van der Waals surface area (Å²) < 4.78 is 41.8. The van der Waals surface area contributed by atoms with E-state index >= 15 is 0 Å². The molecule has 31 heavy (non-hydrogen) atoms. The Bertz CT molecular complexity index is 757. The van der Waals surface area contributed by atoms with E-state index in [2.05, 4.69) is 10.1 Å². The molecule has 10 heteroatoms. The molecule has 0 unspecified atom stereocenters. The van der Waals surface area contributed by atoms with Crippen LogP contribution in [0, 0.1) is 0 Å². The summed E-state index contributed by atoms with van der Waals surface area (Å²) in [6, 6.07) is 5.90. The van der Waals surface area contributed by atoms with Crippen molar-refractivity contribution in [3.05, 3.63) is 29.8 Å². The van der Waals surface area contributed by atoms with Crippen LogP contribution >= 0.6 is 0 Å². The zero-order valence-electron chi connectivity index (χ0n) is 18.5. The van der Waals surface area contributed by atoms with Crippen LogP contribution in [0.1, 0.15) is 26.3 Å². The Morgan fingerprint density at radius 3 is 2.29 bits per heavy atom. The number of nitrogens with zero attached hydrogens (tertiary/aromatic N) is 3. The summed E-state index contributed by atoms with van der Waals surface area (Å²) in [5.74, 6) is -0.418. The third kappa shape index (κ3) is 9.14. The van der Waals surface area contributed by atoms with Gasteiger partial charge in [0, 0.05) is 43.8 Å². The molecule has 0 aromatic heterocycles. The lowest BCUT2D eigenvalue weighted by Crippen LogP contribution is -2.54. The Balaban J connectivity index is 1.81. The first-order chi connectivity index (χ1) is 14.3. The van der Waals surface area contributed by atoms with E-state index in [9.17, 15) is 22.8 Å². The minimum atomic E-state index is -4.77. The monoisotopic (exact) mass is 444 g/mol. The Kier molecular flexibility index (Phi) is 8.30. The van der Waals surface area contributed by atoms with E-state index in [0.717, 1.165) is 0 Å². The number of benzene rings is 1. The van der Waals surface area contributed by atoms with Gasteiger partial charge in [-0.3, -0.25) is 19.4 Å². The van der Waals surface area contributed by atoms with Crippen molar-refractivity contribution >= 4 is 11.8 Å². The van der Waals surface area contributed by atoms with Gasteiger partial charge in [0.05, 0.1) is 13.1 Å². The first-order valence-corrected chi connectivity index (χ1v) is 10.2. The highest BCUT2D eigenvalue weighted by atomic mass is 19.4. The van der Waals surface area contributed by atoms with Crippen molar-refractivity contribution in [2.45, 2.75) is 39.2 Å². The number of hydrogen-bond acceptors (Lipinski definition) is 5. The van der Waals surface area contributed by atoms with E-state index in [0.29, 0.717) is 31.7 Å². The first kappa shape index (κ1) is 24.9. The maximum absolute atomic E-state index is 12.6.